The van der Waals surface area contributed by atoms with Crippen LogP contribution in [-0.2, 0) is 10.9 Å². The number of carbonyl (C=O) groups excluding carboxylic acids is 2. The third-order valence-corrected chi connectivity index (χ3v) is 6.50. The van der Waals surface area contributed by atoms with E-state index in [1.807, 2.05) is 11.3 Å². The van der Waals surface area contributed by atoms with Gasteiger partial charge in [0.15, 0.2) is 0 Å². The summed E-state index contributed by atoms with van der Waals surface area (Å²) in [4.78, 5) is 39.2. The number of halogens is 3. The van der Waals surface area contributed by atoms with E-state index in [9.17, 15) is 22.8 Å². The average Bonchev–Trinajstić information content (AvgIpc) is 3.56. The maximum Gasteiger partial charge on any atom is 0.416 e. The minimum absolute atomic E-state index is 0.108. The molecule has 1 atom stereocenters. The fourth-order valence-electron chi connectivity index (χ4n) is 4.47. The number of nitrogens with two attached hydrogens (primary N) is 1. The number of hydrogen-bond acceptors (Lipinski definition) is 7. The number of imidazole rings is 1. The third-order valence-electron chi connectivity index (χ3n) is 6.50. The number of pyridine rings is 1. The van der Waals surface area contributed by atoms with E-state index in [2.05, 4.69) is 28.4 Å². The molecule has 1 aliphatic heterocycles. The van der Waals surface area contributed by atoms with Crippen LogP contribution in [0.2, 0.25) is 0 Å². The summed E-state index contributed by atoms with van der Waals surface area (Å²) in [7, 11) is 0. The molecule has 1 saturated heterocycles. The van der Waals surface area contributed by atoms with Gasteiger partial charge in [0.25, 0.3) is 5.91 Å². The van der Waals surface area contributed by atoms with Crippen LogP contribution in [0.15, 0.2) is 68.1 Å². The van der Waals surface area contributed by atoms with Crippen molar-refractivity contribution in [2.75, 3.05) is 30.7 Å². The molecule has 0 aliphatic carbocycles. The van der Waals surface area contributed by atoms with Gasteiger partial charge in [0.05, 0.1) is 12.1 Å². The Balaban J connectivity index is 0.00000189. The number of nitrogens with zero attached hydrogens (tertiary/aromatic N) is 5. The van der Waals surface area contributed by atoms with Gasteiger partial charge in [0.2, 0.25) is 0 Å². The lowest BCUT2D eigenvalue weighted by Gasteiger charge is -2.20. The van der Waals surface area contributed by atoms with Gasteiger partial charge in [0.1, 0.15) is 35.3 Å². The summed E-state index contributed by atoms with van der Waals surface area (Å²) in [6.07, 6.45) is 0.104. The molecule has 1 aliphatic rings. The van der Waals surface area contributed by atoms with Crippen LogP contribution in [0.1, 0.15) is 41.0 Å². The van der Waals surface area contributed by atoms with Crippen LogP contribution in [0.5, 0.6) is 0 Å². The van der Waals surface area contributed by atoms with E-state index < -0.39 is 17.6 Å². The van der Waals surface area contributed by atoms with Crippen LogP contribution in [0.4, 0.5) is 29.6 Å². The number of ether oxygens (including phenoxy) is 1. The molecule has 214 valence electrons. The minimum atomic E-state index is -4.55. The van der Waals surface area contributed by atoms with Crippen molar-refractivity contribution < 1.29 is 27.5 Å². The molecule has 1 fully saturated rings. The summed E-state index contributed by atoms with van der Waals surface area (Å²) in [6, 6.07) is 8.01. The number of alkyl halides is 3. The Kier molecular flexibility index (Phi) is 8.55. The monoisotopic (exact) mass is 567 g/mol. The minimum Gasteiger partial charge on any atom is -0.448 e. The zero-order valence-electron chi connectivity index (χ0n) is 22.2. The van der Waals surface area contributed by atoms with E-state index in [0.717, 1.165) is 18.3 Å². The first-order chi connectivity index (χ1) is 19.7. The van der Waals surface area contributed by atoms with E-state index in [1.165, 1.54) is 12.1 Å². The first-order valence-corrected chi connectivity index (χ1v) is 12.6. The number of nitrogen functional groups attached to an aromatic ring is 1. The highest BCUT2D eigenvalue weighted by atomic mass is 19.4. The van der Waals surface area contributed by atoms with Gasteiger partial charge < -0.3 is 20.7 Å². The summed E-state index contributed by atoms with van der Waals surface area (Å²) in [6.45, 7) is 9.29. The zero-order valence-corrected chi connectivity index (χ0v) is 22.2. The van der Waals surface area contributed by atoms with Gasteiger partial charge in [-0.1, -0.05) is 19.1 Å². The van der Waals surface area contributed by atoms with Crippen molar-refractivity contribution in [3.05, 3.63) is 85.1 Å². The summed E-state index contributed by atoms with van der Waals surface area (Å²) >= 11 is 0. The number of carbonyl (C=O) groups is 2. The number of hydrogen-bond donors (Lipinski definition) is 2. The van der Waals surface area contributed by atoms with Crippen LogP contribution in [0.3, 0.4) is 0 Å². The molecule has 1 aromatic carbocycles. The van der Waals surface area contributed by atoms with Gasteiger partial charge in [-0.05, 0) is 30.7 Å². The Labute approximate surface area is 233 Å². The largest absolute Gasteiger partial charge is 0.448 e. The Morgan fingerprint density at radius 3 is 2.54 bits per heavy atom. The molecule has 5 rings (SSSR count). The Morgan fingerprint density at radius 2 is 1.90 bits per heavy atom. The Hall–Kier alpha value is -4.94. The van der Waals surface area contributed by atoms with Crippen LogP contribution < -0.4 is 11.1 Å². The molecule has 1 unspecified atom stereocenters. The van der Waals surface area contributed by atoms with Crippen LogP contribution in [0, 0.1) is 0 Å². The van der Waals surface area contributed by atoms with Gasteiger partial charge in [-0.25, -0.2) is 19.7 Å². The van der Waals surface area contributed by atoms with Gasteiger partial charge in [-0.3, -0.25) is 9.20 Å². The topological polar surface area (TPSA) is 128 Å². The van der Waals surface area contributed by atoms with Crippen molar-refractivity contribution in [1.29, 1.82) is 0 Å². The van der Waals surface area contributed by atoms with E-state index in [0.29, 0.717) is 48.7 Å². The average molecular weight is 568 g/mol. The first-order valence-electron chi connectivity index (χ1n) is 12.6. The fraction of sp³-hybridized carbons (Fsp3) is 0.250. The summed E-state index contributed by atoms with van der Waals surface area (Å²) in [5.74, 6) is 0.0278. The standard InChI is InChI=1S/C26H24F3N7O3.C2H4/c1-2-15(14-35-11-12-39-25(35)38)23-34-20(21-22(30)32-9-10-36(21)23)16-3-5-17(6-4-16)24(37)33-19-13-18(7-8-31-19)26(27,28)29;1-2/h3-10,13,15H,2,11-12,14H2,1H3,(H2,30,32)(H,31,33,37);1-2H2. The lowest BCUT2D eigenvalue weighted by Crippen LogP contribution is -2.30. The van der Waals surface area contributed by atoms with Gasteiger partial charge in [-0.2, -0.15) is 13.2 Å². The third kappa shape index (κ3) is 6.13. The second kappa shape index (κ2) is 12.1. The molecule has 2 amide bonds. The maximum atomic E-state index is 13.0. The number of rotatable bonds is 7. The molecule has 41 heavy (non-hydrogen) atoms. The number of nitrogens with one attached hydrogen (secondary N) is 1. The maximum absolute atomic E-state index is 13.0. The number of fused-ring (bicyclic) bond motifs is 1. The molecule has 0 saturated carbocycles. The highest BCUT2D eigenvalue weighted by Crippen LogP contribution is 2.33. The smallest absolute Gasteiger partial charge is 0.416 e. The number of benzene rings is 1. The number of aromatic nitrogens is 4. The molecule has 13 heteroatoms. The molecule has 0 spiro atoms. The van der Waals surface area contributed by atoms with Crippen molar-refractivity contribution in [1.82, 2.24) is 24.3 Å². The number of cyclic esters (lactones) is 1. The zero-order chi connectivity index (χ0) is 29.7. The fourth-order valence-corrected chi connectivity index (χ4v) is 4.47. The number of amides is 2. The van der Waals surface area contributed by atoms with E-state index in [-0.39, 0.29) is 29.2 Å². The highest BCUT2D eigenvalue weighted by molar-refractivity contribution is 6.04. The van der Waals surface area contributed by atoms with E-state index >= 15 is 0 Å². The molecular formula is C28H28F3N7O3. The van der Waals surface area contributed by atoms with Crippen molar-refractivity contribution in [3.8, 4) is 11.3 Å². The van der Waals surface area contributed by atoms with Gasteiger partial charge in [-0.15, -0.1) is 13.2 Å². The van der Waals surface area contributed by atoms with Crippen LogP contribution in [-0.4, -0.2) is 55.9 Å². The highest BCUT2D eigenvalue weighted by Gasteiger charge is 2.31. The van der Waals surface area contributed by atoms with Crippen molar-refractivity contribution in [2.24, 2.45) is 0 Å². The van der Waals surface area contributed by atoms with Gasteiger partial charge >= 0.3 is 12.3 Å². The second-order valence-corrected chi connectivity index (χ2v) is 8.97. The normalized spacial score (nSPS) is 13.9. The summed E-state index contributed by atoms with van der Waals surface area (Å²) in [5.41, 5.74) is 7.32. The molecule has 3 N–H and O–H groups in total. The predicted octanol–water partition coefficient (Wildman–Crippen LogP) is 5.39. The molecule has 10 nitrogen and oxygen atoms in total. The van der Waals surface area contributed by atoms with Crippen molar-refractivity contribution in [3.63, 3.8) is 0 Å². The van der Waals surface area contributed by atoms with Crippen molar-refractivity contribution in [2.45, 2.75) is 25.4 Å². The van der Waals surface area contributed by atoms with Crippen molar-refractivity contribution >= 4 is 29.2 Å². The van der Waals surface area contributed by atoms with Crippen LogP contribution in [0.25, 0.3) is 16.8 Å². The number of anilines is 2. The van der Waals surface area contributed by atoms with E-state index in [4.69, 9.17) is 15.5 Å². The first kappa shape index (κ1) is 29.1. The second-order valence-electron chi connectivity index (χ2n) is 8.97. The van der Waals surface area contributed by atoms with E-state index in [1.54, 1.807) is 29.4 Å². The quantitative estimate of drug-likeness (QED) is 0.287. The summed E-state index contributed by atoms with van der Waals surface area (Å²) < 4.78 is 45.9. The lowest BCUT2D eigenvalue weighted by atomic mass is 10.1. The molecule has 0 bridgehead atoms. The molecular weight excluding hydrogens is 539 g/mol. The Morgan fingerprint density at radius 1 is 1.17 bits per heavy atom. The molecule has 4 heterocycles. The molecule has 3 aromatic heterocycles. The van der Waals surface area contributed by atoms with Gasteiger partial charge in [0, 0.05) is 42.2 Å². The molecule has 0 radical (unpaired) electrons. The SMILES string of the molecule is C=C.CCC(CN1CCOC1=O)c1nc(-c2ccc(C(=O)Nc3cc(C(F)(F)F)ccn3)cc2)c2c(N)nccn12. The predicted molar refractivity (Wildman–Crippen MR) is 147 cm³/mol. The Bertz CT molecular complexity index is 1550. The van der Waals surface area contributed by atoms with Crippen LogP contribution >= 0.6 is 0 Å². The lowest BCUT2D eigenvalue weighted by molar-refractivity contribution is -0.137. The summed E-state index contributed by atoms with van der Waals surface area (Å²) in [5, 5.41) is 2.39. The molecule has 4 aromatic rings.